The molecule has 0 fully saturated rings. The van der Waals surface area contributed by atoms with Crippen molar-refractivity contribution >= 4 is 23.8 Å². The predicted octanol–water partition coefficient (Wildman–Crippen LogP) is 6.04. The van der Waals surface area contributed by atoms with Gasteiger partial charge in [0.05, 0.1) is 0 Å². The van der Waals surface area contributed by atoms with Crippen molar-refractivity contribution < 1.29 is 41.8 Å². The van der Waals surface area contributed by atoms with E-state index in [0.717, 1.165) is 16.7 Å². The highest BCUT2D eigenvalue weighted by molar-refractivity contribution is 5.98. The first-order chi connectivity index (χ1) is 25.1. The fraction of sp³-hybridized carbons (Fsp3) is 0.300. The number of ether oxygens (including phenoxy) is 2. The number of amides is 4. The van der Waals surface area contributed by atoms with Crippen LogP contribution >= 0.6 is 0 Å². The van der Waals surface area contributed by atoms with Gasteiger partial charge in [-0.15, -0.1) is 0 Å². The topological polar surface area (TPSA) is 135 Å². The highest BCUT2D eigenvalue weighted by Crippen LogP contribution is 2.20. The minimum Gasteiger partial charge on any atom is -0.484 e. The molecule has 4 aromatic carbocycles. The maximum atomic E-state index is 13.9. The lowest BCUT2D eigenvalue weighted by atomic mass is 10.0. The Morgan fingerprint density at radius 1 is 0.604 bits per heavy atom. The van der Waals surface area contributed by atoms with Gasteiger partial charge >= 0.3 is 12.3 Å². The number of benzene rings is 4. The third-order valence-electron chi connectivity index (χ3n) is 7.66. The number of hydrogen-bond acceptors (Lipinski definition) is 6. The van der Waals surface area contributed by atoms with Gasteiger partial charge in [-0.1, -0.05) is 84.9 Å². The van der Waals surface area contributed by atoms with E-state index in [1.165, 1.54) is 24.3 Å². The van der Waals surface area contributed by atoms with E-state index in [9.17, 15) is 32.3 Å². The van der Waals surface area contributed by atoms with E-state index in [-0.39, 0.29) is 31.7 Å². The first-order valence-electron chi connectivity index (χ1n) is 16.9. The van der Waals surface area contributed by atoms with Gasteiger partial charge in [0.2, 0.25) is 11.8 Å². The van der Waals surface area contributed by atoms with E-state index < -0.39 is 54.3 Å². The van der Waals surface area contributed by atoms with Gasteiger partial charge in [0.1, 0.15) is 23.4 Å². The van der Waals surface area contributed by atoms with Gasteiger partial charge in [-0.2, -0.15) is 13.2 Å². The average molecular weight is 733 g/mol. The number of carbonyl (C=O) groups excluding carboxylic acids is 4. The lowest BCUT2D eigenvalue weighted by Crippen LogP contribution is -2.55. The standard InChI is InChI=1S/C40H43F3N4O6/c1-39(2,3)53-38(51)45-25-30-16-14-29(15-17-30)24-44-36(49)33(22-27-10-6-4-7-11-27)47-37(50)34(46-35(48)31-12-8-5-9-13-31)23-28-18-20-32(21-19-28)52-26-40(41,42)43/h4-21,33-34H,22-26H2,1-3H3,(H,44,49)(H,45,51)(H,46,48)(H,47,50). The van der Waals surface area contributed by atoms with Crippen LogP contribution in [0.15, 0.2) is 109 Å². The summed E-state index contributed by atoms with van der Waals surface area (Å²) >= 11 is 0. The van der Waals surface area contributed by atoms with Gasteiger partial charge in [0.25, 0.3) is 5.91 Å². The van der Waals surface area contributed by atoms with Crippen LogP contribution in [0.5, 0.6) is 5.75 Å². The molecule has 2 atom stereocenters. The summed E-state index contributed by atoms with van der Waals surface area (Å²) in [6, 6.07) is 28.2. The zero-order chi connectivity index (χ0) is 38.4. The second-order valence-corrected chi connectivity index (χ2v) is 13.3. The van der Waals surface area contributed by atoms with Crippen molar-refractivity contribution in [2.24, 2.45) is 0 Å². The minimum absolute atomic E-state index is 0.00731. The highest BCUT2D eigenvalue weighted by Gasteiger charge is 2.29. The van der Waals surface area contributed by atoms with Crippen molar-refractivity contribution in [1.82, 2.24) is 21.3 Å². The molecule has 2 unspecified atom stereocenters. The van der Waals surface area contributed by atoms with Crippen molar-refractivity contribution in [3.63, 3.8) is 0 Å². The Bertz CT molecular complexity index is 1800. The molecular formula is C40H43F3N4O6. The third-order valence-corrected chi connectivity index (χ3v) is 7.66. The van der Waals surface area contributed by atoms with Gasteiger partial charge in [-0.25, -0.2) is 4.79 Å². The molecule has 0 bridgehead atoms. The molecule has 0 aliphatic rings. The van der Waals surface area contributed by atoms with E-state index >= 15 is 0 Å². The molecule has 53 heavy (non-hydrogen) atoms. The van der Waals surface area contributed by atoms with E-state index in [4.69, 9.17) is 9.47 Å². The second kappa shape index (κ2) is 18.6. The molecule has 4 rings (SSSR count). The van der Waals surface area contributed by atoms with Crippen LogP contribution in [0.25, 0.3) is 0 Å². The number of carbonyl (C=O) groups is 4. The maximum Gasteiger partial charge on any atom is 0.422 e. The van der Waals surface area contributed by atoms with Gasteiger partial charge in [-0.3, -0.25) is 14.4 Å². The van der Waals surface area contributed by atoms with Crippen LogP contribution in [-0.2, 0) is 40.3 Å². The molecule has 4 N–H and O–H groups in total. The van der Waals surface area contributed by atoms with Crippen LogP contribution in [0.1, 0.15) is 53.4 Å². The second-order valence-electron chi connectivity index (χ2n) is 13.3. The lowest BCUT2D eigenvalue weighted by Gasteiger charge is -2.24. The summed E-state index contributed by atoms with van der Waals surface area (Å²) in [6.45, 7) is 4.29. The molecule has 0 radical (unpaired) electrons. The molecule has 0 aliphatic heterocycles. The molecule has 0 aromatic heterocycles. The fourth-order valence-electron chi connectivity index (χ4n) is 5.07. The summed E-state index contributed by atoms with van der Waals surface area (Å²) in [7, 11) is 0. The van der Waals surface area contributed by atoms with Crippen molar-refractivity contribution in [3.8, 4) is 5.75 Å². The fourth-order valence-corrected chi connectivity index (χ4v) is 5.07. The van der Waals surface area contributed by atoms with Crippen LogP contribution in [-0.4, -0.2) is 54.3 Å². The maximum absolute atomic E-state index is 13.9. The lowest BCUT2D eigenvalue weighted by molar-refractivity contribution is -0.153. The number of hydrogen-bond donors (Lipinski definition) is 4. The van der Waals surface area contributed by atoms with Crippen LogP contribution in [0.3, 0.4) is 0 Å². The molecular weight excluding hydrogens is 689 g/mol. The molecule has 0 heterocycles. The summed E-state index contributed by atoms with van der Waals surface area (Å²) in [5, 5.41) is 11.1. The molecule has 280 valence electrons. The molecule has 13 heteroatoms. The average Bonchev–Trinajstić information content (AvgIpc) is 3.12. The Balaban J connectivity index is 1.46. The van der Waals surface area contributed by atoms with Crippen LogP contribution in [0, 0.1) is 0 Å². The summed E-state index contributed by atoms with van der Waals surface area (Å²) in [6.07, 6.45) is -4.91. The van der Waals surface area contributed by atoms with E-state index in [0.29, 0.717) is 11.1 Å². The number of halogens is 3. The molecule has 0 saturated carbocycles. The Morgan fingerprint density at radius 2 is 1.09 bits per heavy atom. The Labute approximate surface area is 306 Å². The van der Waals surface area contributed by atoms with Crippen LogP contribution in [0.4, 0.5) is 18.0 Å². The normalized spacial score (nSPS) is 12.5. The molecule has 4 aromatic rings. The highest BCUT2D eigenvalue weighted by atomic mass is 19.4. The smallest absolute Gasteiger partial charge is 0.422 e. The first-order valence-corrected chi connectivity index (χ1v) is 16.9. The van der Waals surface area contributed by atoms with Crippen LogP contribution < -0.4 is 26.0 Å². The zero-order valence-electron chi connectivity index (χ0n) is 29.7. The summed E-state index contributed by atoms with van der Waals surface area (Å²) in [5.41, 5.74) is 2.62. The summed E-state index contributed by atoms with van der Waals surface area (Å²) in [4.78, 5) is 52.7. The van der Waals surface area contributed by atoms with Crippen molar-refractivity contribution in [1.29, 1.82) is 0 Å². The van der Waals surface area contributed by atoms with Crippen molar-refractivity contribution in [2.75, 3.05) is 6.61 Å². The van der Waals surface area contributed by atoms with Gasteiger partial charge in [0.15, 0.2) is 6.61 Å². The molecule has 0 spiro atoms. The number of nitrogens with one attached hydrogen (secondary N) is 4. The van der Waals surface area contributed by atoms with Crippen molar-refractivity contribution in [3.05, 3.63) is 137 Å². The van der Waals surface area contributed by atoms with Crippen LogP contribution in [0.2, 0.25) is 0 Å². The van der Waals surface area contributed by atoms with E-state index in [2.05, 4.69) is 21.3 Å². The SMILES string of the molecule is CC(C)(C)OC(=O)NCc1ccc(CNC(=O)C(Cc2ccccc2)NC(=O)C(Cc2ccc(OCC(F)(F)F)cc2)NC(=O)c2ccccc2)cc1. The Kier molecular flexibility index (Phi) is 14.0. The zero-order valence-corrected chi connectivity index (χ0v) is 29.7. The molecule has 10 nitrogen and oxygen atoms in total. The van der Waals surface area contributed by atoms with Gasteiger partial charge in [0, 0.05) is 31.5 Å². The Hall–Kier alpha value is -5.85. The third kappa shape index (κ3) is 14.4. The number of alkyl carbamates (subject to hydrolysis) is 1. The Morgan fingerprint density at radius 3 is 1.64 bits per heavy atom. The monoisotopic (exact) mass is 732 g/mol. The quantitative estimate of drug-likeness (QED) is 0.118. The minimum atomic E-state index is -4.50. The predicted molar refractivity (Wildman–Crippen MR) is 193 cm³/mol. The molecule has 0 saturated heterocycles. The van der Waals surface area contributed by atoms with E-state index in [1.54, 1.807) is 51.1 Å². The van der Waals surface area contributed by atoms with Gasteiger partial charge in [-0.05, 0) is 67.3 Å². The van der Waals surface area contributed by atoms with Gasteiger partial charge < -0.3 is 30.7 Å². The molecule has 0 aliphatic carbocycles. The number of rotatable bonds is 15. The number of alkyl halides is 3. The largest absolute Gasteiger partial charge is 0.484 e. The van der Waals surface area contributed by atoms with E-state index in [1.807, 2.05) is 54.6 Å². The molecule has 4 amide bonds. The summed E-state index contributed by atoms with van der Waals surface area (Å²) < 4.78 is 47.9. The first kappa shape index (κ1) is 39.9. The van der Waals surface area contributed by atoms with Crippen molar-refractivity contribution in [2.45, 2.75) is 70.6 Å². The summed E-state index contributed by atoms with van der Waals surface area (Å²) in [5.74, 6) is -1.63.